The molecule has 2 saturated carbocycles. The summed E-state index contributed by atoms with van der Waals surface area (Å²) in [7, 11) is 0. The number of nitrogens with zero attached hydrogens (tertiary/aromatic N) is 2. The molecule has 124 valence electrons. The highest BCUT2D eigenvalue weighted by atomic mass is 16.2. The Labute approximate surface area is 133 Å². The molecule has 1 heterocycles. The van der Waals surface area contributed by atoms with Crippen LogP contribution in [0.4, 0.5) is 0 Å². The maximum atomic E-state index is 12.3. The van der Waals surface area contributed by atoms with E-state index in [1.54, 1.807) is 0 Å². The fourth-order valence-electron chi connectivity index (χ4n) is 3.78. The fraction of sp³-hybridized carbons (Fsp3) is 0.882. The van der Waals surface area contributed by atoms with Crippen molar-refractivity contribution in [3.05, 3.63) is 0 Å². The Morgan fingerprint density at radius 2 is 1.55 bits per heavy atom. The predicted molar refractivity (Wildman–Crippen MR) is 85.1 cm³/mol. The molecule has 5 nitrogen and oxygen atoms in total. The topological polar surface area (TPSA) is 66.6 Å². The van der Waals surface area contributed by atoms with E-state index in [1.165, 1.54) is 32.1 Å². The zero-order chi connectivity index (χ0) is 15.6. The SMILES string of the molecule is NC1(C(=O)N2CCN(C(=O)CCC3CCCCC3)CC2)CC1. The largest absolute Gasteiger partial charge is 0.339 e. The van der Waals surface area contributed by atoms with Gasteiger partial charge in [-0.05, 0) is 25.2 Å². The predicted octanol–water partition coefficient (Wildman–Crippen LogP) is 1.51. The van der Waals surface area contributed by atoms with Gasteiger partial charge >= 0.3 is 0 Å². The minimum atomic E-state index is -0.576. The van der Waals surface area contributed by atoms with Gasteiger partial charge in [0.1, 0.15) is 0 Å². The molecule has 0 aromatic carbocycles. The van der Waals surface area contributed by atoms with Gasteiger partial charge in [-0.25, -0.2) is 0 Å². The molecule has 0 spiro atoms. The molecular weight excluding hydrogens is 278 g/mol. The maximum absolute atomic E-state index is 12.3. The van der Waals surface area contributed by atoms with Gasteiger partial charge in [0.05, 0.1) is 5.54 Å². The summed E-state index contributed by atoms with van der Waals surface area (Å²) in [5, 5.41) is 0. The second-order valence-electron chi connectivity index (χ2n) is 7.37. The van der Waals surface area contributed by atoms with Crippen molar-refractivity contribution in [1.29, 1.82) is 0 Å². The van der Waals surface area contributed by atoms with E-state index in [4.69, 9.17) is 5.73 Å². The van der Waals surface area contributed by atoms with Crippen LogP contribution in [-0.2, 0) is 9.59 Å². The lowest BCUT2D eigenvalue weighted by molar-refractivity contribution is -0.141. The number of amides is 2. The molecule has 2 aliphatic carbocycles. The second-order valence-corrected chi connectivity index (χ2v) is 7.37. The van der Waals surface area contributed by atoms with Gasteiger partial charge in [0, 0.05) is 32.6 Å². The van der Waals surface area contributed by atoms with Crippen LogP contribution in [0.2, 0.25) is 0 Å². The van der Waals surface area contributed by atoms with E-state index in [1.807, 2.05) is 9.80 Å². The molecule has 0 radical (unpaired) electrons. The van der Waals surface area contributed by atoms with Crippen LogP contribution in [0.1, 0.15) is 57.8 Å². The third kappa shape index (κ3) is 3.62. The van der Waals surface area contributed by atoms with Crippen LogP contribution in [0, 0.1) is 5.92 Å². The van der Waals surface area contributed by atoms with Crippen molar-refractivity contribution in [2.75, 3.05) is 26.2 Å². The van der Waals surface area contributed by atoms with Gasteiger partial charge in [0.25, 0.3) is 0 Å². The van der Waals surface area contributed by atoms with Crippen LogP contribution < -0.4 is 5.73 Å². The third-order valence-electron chi connectivity index (χ3n) is 5.63. The number of nitrogens with two attached hydrogens (primary N) is 1. The van der Waals surface area contributed by atoms with Crippen LogP contribution in [0.5, 0.6) is 0 Å². The third-order valence-corrected chi connectivity index (χ3v) is 5.63. The average molecular weight is 307 g/mol. The standard InChI is InChI=1S/C17H29N3O2/c18-17(8-9-17)16(22)20-12-10-19(11-13-20)15(21)7-6-14-4-2-1-3-5-14/h14H,1-13,18H2. The van der Waals surface area contributed by atoms with Crippen LogP contribution >= 0.6 is 0 Å². The first-order valence-corrected chi connectivity index (χ1v) is 8.94. The summed E-state index contributed by atoms with van der Waals surface area (Å²) in [5.41, 5.74) is 5.40. The van der Waals surface area contributed by atoms with E-state index >= 15 is 0 Å². The Morgan fingerprint density at radius 3 is 2.14 bits per heavy atom. The molecule has 0 bridgehead atoms. The minimum absolute atomic E-state index is 0.0850. The molecule has 0 aromatic heterocycles. The molecule has 0 unspecified atom stereocenters. The molecule has 1 saturated heterocycles. The highest BCUT2D eigenvalue weighted by Gasteiger charge is 2.48. The Balaban J connectivity index is 1.39. The van der Waals surface area contributed by atoms with Gasteiger partial charge in [-0.1, -0.05) is 32.1 Å². The molecule has 3 fully saturated rings. The molecule has 22 heavy (non-hydrogen) atoms. The molecule has 0 atom stereocenters. The van der Waals surface area contributed by atoms with Crippen molar-refractivity contribution in [1.82, 2.24) is 9.80 Å². The van der Waals surface area contributed by atoms with Gasteiger partial charge in [-0.2, -0.15) is 0 Å². The first-order valence-electron chi connectivity index (χ1n) is 8.94. The monoisotopic (exact) mass is 307 g/mol. The number of hydrogen-bond acceptors (Lipinski definition) is 3. The van der Waals surface area contributed by atoms with E-state index in [0.717, 1.165) is 25.2 Å². The van der Waals surface area contributed by atoms with Crippen molar-refractivity contribution < 1.29 is 9.59 Å². The summed E-state index contributed by atoms with van der Waals surface area (Å²) in [6.07, 6.45) is 9.98. The van der Waals surface area contributed by atoms with Crippen LogP contribution in [0.15, 0.2) is 0 Å². The average Bonchev–Trinajstić information content (AvgIpc) is 3.32. The van der Waals surface area contributed by atoms with Crippen molar-refractivity contribution >= 4 is 11.8 Å². The van der Waals surface area contributed by atoms with Gasteiger partial charge in [0.15, 0.2) is 0 Å². The summed E-state index contributed by atoms with van der Waals surface area (Å²) in [4.78, 5) is 28.3. The lowest BCUT2D eigenvalue weighted by Crippen LogP contribution is -2.55. The van der Waals surface area contributed by atoms with E-state index in [2.05, 4.69) is 0 Å². The first-order chi connectivity index (χ1) is 10.6. The highest BCUT2D eigenvalue weighted by Crippen LogP contribution is 2.34. The zero-order valence-corrected chi connectivity index (χ0v) is 13.6. The van der Waals surface area contributed by atoms with Gasteiger partial charge in [-0.15, -0.1) is 0 Å². The second kappa shape index (κ2) is 6.57. The van der Waals surface area contributed by atoms with E-state index in [0.29, 0.717) is 32.6 Å². The van der Waals surface area contributed by atoms with Gasteiger partial charge < -0.3 is 15.5 Å². The van der Waals surface area contributed by atoms with Crippen LogP contribution in [0.3, 0.4) is 0 Å². The molecule has 5 heteroatoms. The summed E-state index contributed by atoms with van der Waals surface area (Å²) in [6.45, 7) is 2.64. The number of piperazine rings is 1. The van der Waals surface area contributed by atoms with Crippen molar-refractivity contribution in [2.24, 2.45) is 11.7 Å². The molecule has 3 rings (SSSR count). The minimum Gasteiger partial charge on any atom is -0.339 e. The smallest absolute Gasteiger partial charge is 0.242 e. The number of hydrogen-bond donors (Lipinski definition) is 1. The number of carbonyl (C=O) groups is 2. The Kier molecular flexibility index (Phi) is 4.71. The molecule has 2 N–H and O–H groups in total. The van der Waals surface area contributed by atoms with Crippen LogP contribution in [-0.4, -0.2) is 53.3 Å². The number of rotatable bonds is 4. The summed E-state index contributed by atoms with van der Waals surface area (Å²) in [5.74, 6) is 1.11. The summed E-state index contributed by atoms with van der Waals surface area (Å²) in [6, 6.07) is 0. The Morgan fingerprint density at radius 1 is 0.955 bits per heavy atom. The van der Waals surface area contributed by atoms with Crippen molar-refractivity contribution in [3.63, 3.8) is 0 Å². The van der Waals surface area contributed by atoms with E-state index in [9.17, 15) is 9.59 Å². The highest BCUT2D eigenvalue weighted by molar-refractivity contribution is 5.89. The maximum Gasteiger partial charge on any atom is 0.242 e. The number of carbonyl (C=O) groups excluding carboxylic acids is 2. The molecule has 0 aromatic rings. The van der Waals surface area contributed by atoms with E-state index < -0.39 is 5.54 Å². The molecule has 3 aliphatic rings. The Hall–Kier alpha value is -1.10. The normalized spacial score (nSPS) is 25.1. The zero-order valence-electron chi connectivity index (χ0n) is 13.6. The van der Waals surface area contributed by atoms with Gasteiger partial charge in [0.2, 0.25) is 11.8 Å². The Bertz CT molecular complexity index is 420. The summed E-state index contributed by atoms with van der Waals surface area (Å²) >= 11 is 0. The molecular formula is C17H29N3O2. The quantitative estimate of drug-likeness (QED) is 0.856. The van der Waals surface area contributed by atoms with Gasteiger partial charge in [-0.3, -0.25) is 9.59 Å². The fourth-order valence-corrected chi connectivity index (χ4v) is 3.78. The summed E-state index contributed by atoms with van der Waals surface area (Å²) < 4.78 is 0. The van der Waals surface area contributed by atoms with Crippen molar-refractivity contribution in [2.45, 2.75) is 63.3 Å². The van der Waals surface area contributed by atoms with Crippen molar-refractivity contribution in [3.8, 4) is 0 Å². The first kappa shape index (κ1) is 15.8. The van der Waals surface area contributed by atoms with Crippen LogP contribution in [0.25, 0.3) is 0 Å². The molecule has 2 amide bonds. The molecule has 1 aliphatic heterocycles. The lowest BCUT2D eigenvalue weighted by Gasteiger charge is -2.36. The lowest BCUT2D eigenvalue weighted by atomic mass is 9.86. The van der Waals surface area contributed by atoms with E-state index in [-0.39, 0.29) is 11.8 Å².